The van der Waals surface area contributed by atoms with Gasteiger partial charge in [-0.05, 0) is 49.9 Å². The fourth-order valence-corrected chi connectivity index (χ4v) is 3.57. The molecule has 2 aliphatic rings. The van der Waals surface area contributed by atoms with Crippen molar-refractivity contribution in [3.05, 3.63) is 30.1 Å². The average Bonchev–Trinajstić information content (AvgIpc) is 2.60. The Hall–Kier alpha value is -1.95. The van der Waals surface area contributed by atoms with E-state index in [0.29, 0.717) is 25.1 Å². The molecule has 2 aliphatic heterocycles. The molecule has 23 heavy (non-hydrogen) atoms. The molecule has 0 radical (unpaired) electrons. The van der Waals surface area contributed by atoms with Crippen LogP contribution in [-0.2, 0) is 4.79 Å². The molecule has 6 heteroatoms. The third kappa shape index (κ3) is 3.88. The van der Waals surface area contributed by atoms with Crippen molar-refractivity contribution in [3.63, 3.8) is 0 Å². The Labute approximate surface area is 136 Å². The lowest BCUT2D eigenvalue weighted by Gasteiger charge is -2.45. The minimum atomic E-state index is -0.140. The van der Waals surface area contributed by atoms with Crippen molar-refractivity contribution in [2.75, 3.05) is 32.7 Å². The van der Waals surface area contributed by atoms with Gasteiger partial charge in [0, 0.05) is 38.4 Å². The average molecular weight is 316 g/mol. The van der Waals surface area contributed by atoms with E-state index in [1.54, 1.807) is 24.5 Å². The van der Waals surface area contributed by atoms with Crippen molar-refractivity contribution < 1.29 is 9.59 Å². The number of pyridine rings is 1. The molecule has 1 spiro atoms. The second kappa shape index (κ2) is 7.08. The molecule has 1 aromatic rings. The fourth-order valence-electron chi connectivity index (χ4n) is 3.57. The van der Waals surface area contributed by atoms with E-state index >= 15 is 0 Å². The lowest BCUT2D eigenvalue weighted by Crippen LogP contribution is -2.52. The van der Waals surface area contributed by atoms with E-state index in [4.69, 9.17) is 0 Å². The van der Waals surface area contributed by atoms with Gasteiger partial charge < -0.3 is 15.5 Å². The summed E-state index contributed by atoms with van der Waals surface area (Å²) in [5.74, 6) is 0.0731. The van der Waals surface area contributed by atoms with Crippen LogP contribution in [0.3, 0.4) is 0 Å². The summed E-state index contributed by atoms with van der Waals surface area (Å²) in [6.07, 6.45) is 7.10. The zero-order valence-electron chi connectivity index (χ0n) is 13.4. The minimum Gasteiger partial charge on any atom is -0.350 e. The molecular weight excluding hydrogens is 292 g/mol. The molecule has 6 nitrogen and oxygen atoms in total. The highest BCUT2D eigenvalue weighted by Gasteiger charge is 2.39. The van der Waals surface area contributed by atoms with Gasteiger partial charge in [0.1, 0.15) is 0 Å². The molecule has 0 aliphatic carbocycles. The van der Waals surface area contributed by atoms with Gasteiger partial charge in [-0.15, -0.1) is 0 Å². The Kier molecular flexibility index (Phi) is 4.91. The molecule has 0 atom stereocenters. The molecule has 3 heterocycles. The monoisotopic (exact) mass is 316 g/mol. The van der Waals surface area contributed by atoms with Gasteiger partial charge >= 0.3 is 0 Å². The van der Waals surface area contributed by atoms with E-state index in [-0.39, 0.29) is 17.2 Å². The van der Waals surface area contributed by atoms with Gasteiger partial charge in [0.2, 0.25) is 5.91 Å². The number of amides is 2. The smallest absolute Gasteiger partial charge is 0.252 e. The first-order chi connectivity index (χ1) is 11.2. The molecule has 1 aromatic heterocycles. The van der Waals surface area contributed by atoms with Crippen LogP contribution in [0.1, 0.15) is 36.0 Å². The van der Waals surface area contributed by atoms with E-state index in [0.717, 1.165) is 38.9 Å². The van der Waals surface area contributed by atoms with Crippen molar-refractivity contribution in [2.45, 2.75) is 25.7 Å². The first kappa shape index (κ1) is 15.9. The van der Waals surface area contributed by atoms with Gasteiger partial charge in [0.05, 0.1) is 5.56 Å². The Balaban J connectivity index is 1.50. The van der Waals surface area contributed by atoms with Crippen molar-refractivity contribution >= 4 is 11.8 Å². The molecule has 0 aromatic carbocycles. The molecule has 0 unspecified atom stereocenters. The molecule has 124 valence electrons. The topological polar surface area (TPSA) is 74.3 Å². The summed E-state index contributed by atoms with van der Waals surface area (Å²) in [5, 5.41) is 6.27. The van der Waals surface area contributed by atoms with E-state index in [9.17, 15) is 9.59 Å². The van der Waals surface area contributed by atoms with E-state index in [1.165, 1.54) is 0 Å². The Morgan fingerprint density at radius 3 is 2.91 bits per heavy atom. The summed E-state index contributed by atoms with van der Waals surface area (Å²) >= 11 is 0. The normalized spacial score (nSPS) is 20.5. The molecule has 2 fully saturated rings. The molecule has 3 rings (SSSR count). The highest BCUT2D eigenvalue weighted by atomic mass is 16.2. The molecular formula is C17H24N4O2. The van der Waals surface area contributed by atoms with Crippen LogP contribution in [-0.4, -0.2) is 54.4 Å². The predicted molar refractivity (Wildman–Crippen MR) is 86.9 cm³/mol. The number of aromatic nitrogens is 1. The first-order valence-corrected chi connectivity index (χ1v) is 8.35. The molecule has 0 bridgehead atoms. The van der Waals surface area contributed by atoms with Crippen LogP contribution in [0.25, 0.3) is 0 Å². The zero-order chi connectivity index (χ0) is 16.1. The van der Waals surface area contributed by atoms with Crippen molar-refractivity contribution in [1.82, 2.24) is 20.5 Å². The summed E-state index contributed by atoms with van der Waals surface area (Å²) in [6.45, 7) is 3.98. The van der Waals surface area contributed by atoms with E-state index < -0.39 is 0 Å². The van der Waals surface area contributed by atoms with E-state index in [2.05, 4.69) is 15.6 Å². The minimum absolute atomic E-state index is 0.140. The number of likely N-dealkylation sites (tertiary alicyclic amines) is 1. The summed E-state index contributed by atoms with van der Waals surface area (Å²) in [4.78, 5) is 30.0. The van der Waals surface area contributed by atoms with Crippen LogP contribution in [0.2, 0.25) is 0 Å². The van der Waals surface area contributed by atoms with Gasteiger partial charge in [-0.1, -0.05) is 0 Å². The maximum atomic E-state index is 12.2. The van der Waals surface area contributed by atoms with Gasteiger partial charge in [-0.2, -0.15) is 0 Å². The Morgan fingerprint density at radius 1 is 1.35 bits per heavy atom. The number of nitrogens with zero attached hydrogens (tertiary/aromatic N) is 2. The maximum absolute atomic E-state index is 12.2. The second-order valence-electron chi connectivity index (χ2n) is 6.56. The van der Waals surface area contributed by atoms with Crippen molar-refractivity contribution in [1.29, 1.82) is 0 Å². The lowest BCUT2D eigenvalue weighted by atomic mass is 9.73. The van der Waals surface area contributed by atoms with Gasteiger partial charge in [-0.25, -0.2) is 0 Å². The Bertz CT molecular complexity index is 555. The summed E-state index contributed by atoms with van der Waals surface area (Å²) < 4.78 is 0. The molecule has 2 N–H and O–H groups in total. The van der Waals surface area contributed by atoms with Crippen molar-refractivity contribution in [3.8, 4) is 0 Å². The number of nitrogens with one attached hydrogen (secondary N) is 2. The van der Waals surface area contributed by atoms with Crippen LogP contribution < -0.4 is 10.6 Å². The van der Waals surface area contributed by atoms with Gasteiger partial charge in [0.25, 0.3) is 5.91 Å². The van der Waals surface area contributed by atoms with Crippen LogP contribution >= 0.6 is 0 Å². The van der Waals surface area contributed by atoms with E-state index in [1.807, 2.05) is 4.90 Å². The SMILES string of the molecule is O=C(NCCN1CC2(CCNCC2)CCC1=O)c1cccnc1. The zero-order valence-corrected chi connectivity index (χ0v) is 13.4. The second-order valence-corrected chi connectivity index (χ2v) is 6.56. The number of piperidine rings is 2. The summed E-state index contributed by atoms with van der Waals surface area (Å²) in [6, 6.07) is 3.47. The highest BCUT2D eigenvalue weighted by Crippen LogP contribution is 2.38. The van der Waals surface area contributed by atoms with Crippen LogP contribution in [0.15, 0.2) is 24.5 Å². The number of carbonyl (C=O) groups excluding carboxylic acids is 2. The first-order valence-electron chi connectivity index (χ1n) is 8.35. The number of carbonyl (C=O) groups is 2. The van der Waals surface area contributed by atoms with Crippen LogP contribution in [0.4, 0.5) is 0 Å². The maximum Gasteiger partial charge on any atom is 0.252 e. The lowest BCUT2D eigenvalue weighted by molar-refractivity contribution is -0.138. The fraction of sp³-hybridized carbons (Fsp3) is 0.588. The quantitative estimate of drug-likeness (QED) is 0.862. The predicted octanol–water partition coefficient (Wildman–Crippen LogP) is 0.804. The number of rotatable bonds is 4. The summed E-state index contributed by atoms with van der Waals surface area (Å²) in [7, 11) is 0. The van der Waals surface area contributed by atoms with Gasteiger partial charge in [0.15, 0.2) is 0 Å². The van der Waals surface area contributed by atoms with Gasteiger partial charge in [-0.3, -0.25) is 14.6 Å². The summed E-state index contributed by atoms with van der Waals surface area (Å²) in [5.41, 5.74) is 0.833. The standard InChI is InChI=1S/C17H24N4O2/c22-15-3-4-17(5-8-18-9-6-17)13-21(15)11-10-20-16(23)14-2-1-7-19-12-14/h1-2,7,12,18H,3-6,8-11,13H2,(H,20,23). The third-order valence-corrected chi connectivity index (χ3v) is 5.00. The highest BCUT2D eigenvalue weighted by molar-refractivity contribution is 5.93. The molecule has 0 saturated carbocycles. The number of hydrogen-bond donors (Lipinski definition) is 2. The largest absolute Gasteiger partial charge is 0.350 e. The van der Waals surface area contributed by atoms with Crippen LogP contribution in [0, 0.1) is 5.41 Å². The van der Waals surface area contributed by atoms with Crippen molar-refractivity contribution in [2.24, 2.45) is 5.41 Å². The third-order valence-electron chi connectivity index (χ3n) is 5.00. The van der Waals surface area contributed by atoms with Crippen LogP contribution in [0.5, 0.6) is 0 Å². The number of hydrogen-bond acceptors (Lipinski definition) is 4. The molecule has 2 saturated heterocycles. The Morgan fingerprint density at radius 2 is 2.17 bits per heavy atom. The molecule has 2 amide bonds.